The first kappa shape index (κ1) is 21.8. The van der Waals surface area contributed by atoms with E-state index in [1.165, 1.54) is 17.0 Å². The molecular formula is C20H22F3N3O4. The Morgan fingerprint density at radius 3 is 2.37 bits per heavy atom. The lowest BCUT2D eigenvalue weighted by Gasteiger charge is -2.26. The highest BCUT2D eigenvalue weighted by atomic mass is 19.4. The van der Waals surface area contributed by atoms with Gasteiger partial charge in [-0.25, -0.2) is 0 Å². The zero-order valence-electron chi connectivity index (χ0n) is 16.2. The average molecular weight is 425 g/mol. The molecule has 4 amide bonds. The number of hydrogen-bond acceptors (Lipinski definition) is 4. The Bertz CT molecular complexity index is 840. The second-order valence-corrected chi connectivity index (χ2v) is 7.38. The van der Waals surface area contributed by atoms with Crippen LogP contribution < -0.4 is 5.32 Å². The van der Waals surface area contributed by atoms with E-state index in [9.17, 15) is 32.3 Å². The molecule has 2 heterocycles. The third-order valence-corrected chi connectivity index (χ3v) is 5.24. The Kier molecular flexibility index (Phi) is 6.42. The predicted octanol–water partition coefficient (Wildman–Crippen LogP) is 2.02. The largest absolute Gasteiger partial charge is 0.416 e. The SMILES string of the molecule is O=C(CCN1C(=O)CCC1=O)N[C@H](CN1CCCC1=O)c1cccc(C(F)(F)F)c1. The van der Waals surface area contributed by atoms with Crippen LogP contribution in [0.1, 0.15) is 49.3 Å². The van der Waals surface area contributed by atoms with E-state index in [1.54, 1.807) is 0 Å². The van der Waals surface area contributed by atoms with Crippen LogP contribution in [0, 0.1) is 0 Å². The normalized spacial score (nSPS) is 18.3. The quantitative estimate of drug-likeness (QED) is 0.678. The van der Waals surface area contributed by atoms with Crippen molar-refractivity contribution in [1.29, 1.82) is 0 Å². The van der Waals surface area contributed by atoms with Gasteiger partial charge in [-0.3, -0.25) is 24.1 Å². The fraction of sp³-hybridized carbons (Fsp3) is 0.500. The molecule has 1 aromatic carbocycles. The number of nitrogens with one attached hydrogen (secondary N) is 1. The van der Waals surface area contributed by atoms with Crippen LogP contribution in [0.3, 0.4) is 0 Å². The van der Waals surface area contributed by atoms with Crippen molar-refractivity contribution in [3.63, 3.8) is 0 Å². The van der Waals surface area contributed by atoms with Gasteiger partial charge in [0.25, 0.3) is 0 Å². The molecule has 162 valence electrons. The first-order valence-corrected chi connectivity index (χ1v) is 9.72. The van der Waals surface area contributed by atoms with Gasteiger partial charge in [-0.2, -0.15) is 13.2 Å². The Balaban J connectivity index is 1.72. The number of hydrogen-bond donors (Lipinski definition) is 1. The number of likely N-dealkylation sites (tertiary alicyclic amines) is 2. The molecule has 0 aromatic heterocycles. The summed E-state index contributed by atoms with van der Waals surface area (Å²) in [6.45, 7) is 0.440. The molecule has 0 unspecified atom stereocenters. The van der Waals surface area contributed by atoms with Gasteiger partial charge in [-0.15, -0.1) is 0 Å². The molecule has 0 radical (unpaired) electrons. The number of alkyl halides is 3. The van der Waals surface area contributed by atoms with Crippen molar-refractivity contribution < 1.29 is 32.3 Å². The summed E-state index contributed by atoms with van der Waals surface area (Å²) < 4.78 is 39.3. The van der Waals surface area contributed by atoms with E-state index in [2.05, 4.69) is 5.32 Å². The van der Waals surface area contributed by atoms with Crippen LogP contribution in [0.2, 0.25) is 0 Å². The Morgan fingerprint density at radius 1 is 1.07 bits per heavy atom. The number of nitrogens with zero attached hydrogens (tertiary/aromatic N) is 2. The molecule has 0 bridgehead atoms. The van der Waals surface area contributed by atoms with Crippen molar-refractivity contribution in [2.45, 2.75) is 44.3 Å². The smallest absolute Gasteiger partial charge is 0.347 e. The lowest BCUT2D eigenvalue weighted by atomic mass is 10.0. The van der Waals surface area contributed by atoms with Crippen LogP contribution in [-0.2, 0) is 25.4 Å². The summed E-state index contributed by atoms with van der Waals surface area (Å²) in [6, 6.07) is 3.78. The first-order chi connectivity index (χ1) is 14.1. The Hall–Kier alpha value is -2.91. The maximum absolute atomic E-state index is 13.1. The lowest BCUT2D eigenvalue weighted by Crippen LogP contribution is -2.40. The van der Waals surface area contributed by atoms with E-state index in [4.69, 9.17) is 0 Å². The van der Waals surface area contributed by atoms with Crippen LogP contribution in [0.5, 0.6) is 0 Å². The van der Waals surface area contributed by atoms with Gasteiger partial charge in [-0.1, -0.05) is 12.1 Å². The maximum atomic E-state index is 13.1. The Morgan fingerprint density at radius 2 is 1.77 bits per heavy atom. The molecule has 0 saturated carbocycles. The molecule has 10 heteroatoms. The van der Waals surface area contributed by atoms with Crippen LogP contribution in [-0.4, -0.2) is 53.1 Å². The summed E-state index contributed by atoms with van der Waals surface area (Å²) in [5.74, 6) is -1.32. The first-order valence-electron chi connectivity index (χ1n) is 9.72. The van der Waals surface area contributed by atoms with E-state index in [0.717, 1.165) is 17.0 Å². The van der Waals surface area contributed by atoms with E-state index in [1.807, 2.05) is 0 Å². The fourth-order valence-corrected chi connectivity index (χ4v) is 3.64. The second kappa shape index (κ2) is 8.85. The molecule has 2 saturated heterocycles. The summed E-state index contributed by atoms with van der Waals surface area (Å²) in [5, 5.41) is 2.66. The van der Waals surface area contributed by atoms with Gasteiger partial charge < -0.3 is 10.2 Å². The fourth-order valence-electron chi connectivity index (χ4n) is 3.64. The molecule has 2 aliphatic heterocycles. The number of benzene rings is 1. The van der Waals surface area contributed by atoms with Crippen molar-refractivity contribution >= 4 is 23.6 Å². The summed E-state index contributed by atoms with van der Waals surface area (Å²) in [5.41, 5.74) is -0.619. The molecule has 2 aliphatic rings. The van der Waals surface area contributed by atoms with Gasteiger partial charge in [0, 0.05) is 45.3 Å². The summed E-state index contributed by atoms with van der Waals surface area (Å²) >= 11 is 0. The van der Waals surface area contributed by atoms with Gasteiger partial charge in [-0.05, 0) is 24.1 Å². The molecule has 1 atom stereocenters. The summed E-state index contributed by atoms with van der Waals surface area (Å²) in [7, 11) is 0. The van der Waals surface area contributed by atoms with Crippen molar-refractivity contribution in [2.24, 2.45) is 0 Å². The van der Waals surface area contributed by atoms with Gasteiger partial charge in [0.05, 0.1) is 11.6 Å². The van der Waals surface area contributed by atoms with Gasteiger partial charge >= 0.3 is 6.18 Å². The average Bonchev–Trinajstić information content (AvgIpc) is 3.24. The molecule has 0 aliphatic carbocycles. The van der Waals surface area contributed by atoms with Crippen LogP contribution in [0.25, 0.3) is 0 Å². The van der Waals surface area contributed by atoms with Crippen molar-refractivity contribution in [3.8, 4) is 0 Å². The Labute approximate surface area is 171 Å². The number of carbonyl (C=O) groups excluding carboxylic acids is 4. The third kappa shape index (κ3) is 5.17. The minimum absolute atomic E-state index is 0.0491. The highest BCUT2D eigenvalue weighted by Crippen LogP contribution is 2.31. The molecule has 3 rings (SSSR count). The molecule has 1 N–H and O–H groups in total. The number of imide groups is 1. The number of carbonyl (C=O) groups is 4. The molecular weight excluding hydrogens is 403 g/mol. The number of rotatable bonds is 7. The topological polar surface area (TPSA) is 86.8 Å². The van der Waals surface area contributed by atoms with Crippen LogP contribution in [0.15, 0.2) is 24.3 Å². The van der Waals surface area contributed by atoms with E-state index >= 15 is 0 Å². The van der Waals surface area contributed by atoms with Gasteiger partial charge in [0.15, 0.2) is 0 Å². The van der Waals surface area contributed by atoms with Crippen molar-refractivity contribution in [2.75, 3.05) is 19.6 Å². The highest BCUT2D eigenvalue weighted by molar-refractivity contribution is 6.02. The second-order valence-electron chi connectivity index (χ2n) is 7.38. The zero-order chi connectivity index (χ0) is 21.9. The third-order valence-electron chi connectivity index (χ3n) is 5.24. The van der Waals surface area contributed by atoms with E-state index in [-0.39, 0.29) is 55.6 Å². The monoisotopic (exact) mass is 425 g/mol. The molecule has 2 fully saturated rings. The van der Waals surface area contributed by atoms with E-state index < -0.39 is 23.7 Å². The molecule has 0 spiro atoms. The van der Waals surface area contributed by atoms with Gasteiger partial charge in [0.1, 0.15) is 0 Å². The minimum atomic E-state index is -4.54. The van der Waals surface area contributed by atoms with Crippen molar-refractivity contribution in [3.05, 3.63) is 35.4 Å². The van der Waals surface area contributed by atoms with Crippen molar-refractivity contribution in [1.82, 2.24) is 15.1 Å². The van der Waals surface area contributed by atoms with E-state index in [0.29, 0.717) is 19.4 Å². The summed E-state index contributed by atoms with van der Waals surface area (Å²) in [6.07, 6.45) is -3.45. The predicted molar refractivity (Wildman–Crippen MR) is 98.7 cm³/mol. The van der Waals surface area contributed by atoms with Gasteiger partial charge in [0.2, 0.25) is 23.6 Å². The van der Waals surface area contributed by atoms with Crippen LogP contribution in [0.4, 0.5) is 13.2 Å². The van der Waals surface area contributed by atoms with Crippen LogP contribution >= 0.6 is 0 Å². The minimum Gasteiger partial charge on any atom is -0.347 e. The summed E-state index contributed by atoms with van der Waals surface area (Å²) in [4.78, 5) is 50.3. The molecule has 30 heavy (non-hydrogen) atoms. The standard InChI is InChI=1S/C20H22F3N3O4/c21-20(22,23)14-4-1-3-13(11-14)15(12-25-9-2-5-17(25)28)24-16(27)8-10-26-18(29)6-7-19(26)30/h1,3-4,11,15H,2,5-10,12H2,(H,24,27)/t15-/m1/s1. The number of halogens is 3. The zero-order valence-corrected chi connectivity index (χ0v) is 16.2. The lowest BCUT2D eigenvalue weighted by molar-refractivity contribution is -0.139. The number of amides is 4. The molecule has 7 nitrogen and oxygen atoms in total. The highest BCUT2D eigenvalue weighted by Gasteiger charge is 2.33. The molecule has 1 aromatic rings. The maximum Gasteiger partial charge on any atom is 0.416 e.